The average Bonchev–Trinajstić information content (AvgIpc) is 2.57. The van der Waals surface area contributed by atoms with E-state index in [4.69, 9.17) is 4.74 Å². The number of carbonyl (C=O) groups is 2. The number of carbonyl (C=O) groups excluding carboxylic acids is 2. The number of hydrogen-bond acceptors (Lipinski definition) is 3. The first-order valence-corrected chi connectivity index (χ1v) is 8.17. The van der Waals surface area contributed by atoms with Crippen LogP contribution in [0.3, 0.4) is 0 Å². The summed E-state index contributed by atoms with van der Waals surface area (Å²) in [5.41, 5.74) is 0.0142. The number of allylic oxidation sites excluding steroid dienone is 1. The van der Waals surface area contributed by atoms with Gasteiger partial charge in [0.2, 0.25) is 5.91 Å². The Morgan fingerprint density at radius 3 is 2.69 bits per heavy atom. The fourth-order valence-electron chi connectivity index (χ4n) is 3.05. The second-order valence-corrected chi connectivity index (χ2v) is 5.89. The highest BCUT2D eigenvalue weighted by Gasteiger charge is 2.38. The fourth-order valence-corrected chi connectivity index (χ4v) is 3.05. The lowest BCUT2D eigenvalue weighted by Gasteiger charge is -2.34. The predicted molar refractivity (Wildman–Crippen MR) is 90.0 cm³/mol. The van der Waals surface area contributed by atoms with E-state index < -0.39 is 23.6 Å². The van der Waals surface area contributed by atoms with Crippen molar-refractivity contribution in [3.8, 4) is 0 Å². The van der Waals surface area contributed by atoms with Crippen LogP contribution in [0.2, 0.25) is 0 Å². The molecule has 0 radical (unpaired) electrons. The van der Waals surface area contributed by atoms with Crippen LogP contribution in [-0.4, -0.2) is 29.9 Å². The summed E-state index contributed by atoms with van der Waals surface area (Å²) >= 11 is 0. The van der Waals surface area contributed by atoms with Crippen LogP contribution in [-0.2, 0) is 20.5 Å². The Morgan fingerprint density at radius 1 is 1.42 bits per heavy atom. The molecule has 7 heteroatoms. The minimum atomic E-state index is -4.51. The lowest BCUT2D eigenvalue weighted by atomic mass is 9.83. The van der Waals surface area contributed by atoms with Crippen molar-refractivity contribution in [2.24, 2.45) is 0 Å². The third-order valence-electron chi connectivity index (χ3n) is 4.25. The topological polar surface area (TPSA) is 46.6 Å². The first kappa shape index (κ1) is 19.8. The molecule has 0 aliphatic carbocycles. The number of esters is 1. The number of rotatable bonds is 5. The van der Waals surface area contributed by atoms with E-state index in [2.05, 4.69) is 6.58 Å². The van der Waals surface area contributed by atoms with Crippen molar-refractivity contribution < 1.29 is 27.5 Å². The summed E-state index contributed by atoms with van der Waals surface area (Å²) in [6.07, 6.45) is -3.10. The molecule has 26 heavy (non-hydrogen) atoms. The van der Waals surface area contributed by atoms with Crippen LogP contribution >= 0.6 is 0 Å². The molecule has 1 aliphatic rings. The Bertz CT molecular complexity index is 753. The lowest BCUT2D eigenvalue weighted by molar-refractivity contribution is -0.140. The number of hydrogen-bond donors (Lipinski definition) is 0. The van der Waals surface area contributed by atoms with E-state index in [1.807, 2.05) is 0 Å². The van der Waals surface area contributed by atoms with Crippen LogP contribution in [0.1, 0.15) is 37.3 Å². The molecule has 1 heterocycles. The Kier molecular flexibility index (Phi) is 5.90. The van der Waals surface area contributed by atoms with Gasteiger partial charge in [-0.05, 0) is 25.5 Å². The normalized spacial score (nSPS) is 18.1. The van der Waals surface area contributed by atoms with Gasteiger partial charge in [0.05, 0.1) is 17.7 Å². The molecule has 4 nitrogen and oxygen atoms in total. The second-order valence-electron chi connectivity index (χ2n) is 5.89. The highest BCUT2D eigenvalue weighted by atomic mass is 19.4. The van der Waals surface area contributed by atoms with Gasteiger partial charge in [0, 0.05) is 24.6 Å². The molecule has 0 saturated heterocycles. The Labute approximate surface area is 149 Å². The molecular formula is C19H20F3NO3. The van der Waals surface area contributed by atoms with Crippen molar-refractivity contribution in [3.05, 3.63) is 59.3 Å². The summed E-state index contributed by atoms with van der Waals surface area (Å²) in [5, 5.41) is 0. The molecule has 1 amide bonds. The molecule has 2 rings (SSSR count). The third-order valence-corrected chi connectivity index (χ3v) is 4.25. The highest BCUT2D eigenvalue weighted by Crippen LogP contribution is 2.39. The van der Waals surface area contributed by atoms with Crippen molar-refractivity contribution in [1.82, 2.24) is 4.90 Å². The molecule has 1 unspecified atom stereocenters. The number of benzene rings is 1. The van der Waals surface area contributed by atoms with Crippen molar-refractivity contribution in [2.45, 2.75) is 32.4 Å². The largest absolute Gasteiger partial charge is 0.463 e. The van der Waals surface area contributed by atoms with E-state index in [-0.39, 0.29) is 36.6 Å². The van der Waals surface area contributed by atoms with E-state index in [1.54, 1.807) is 13.8 Å². The predicted octanol–water partition coefficient (Wildman–Crippen LogP) is 4.04. The van der Waals surface area contributed by atoms with Gasteiger partial charge in [-0.15, -0.1) is 6.58 Å². The van der Waals surface area contributed by atoms with Crippen LogP contribution in [0, 0.1) is 0 Å². The Hall–Kier alpha value is -2.57. The Morgan fingerprint density at radius 2 is 2.12 bits per heavy atom. The second kappa shape index (κ2) is 7.76. The molecule has 1 aromatic carbocycles. The average molecular weight is 367 g/mol. The van der Waals surface area contributed by atoms with Crippen molar-refractivity contribution in [3.63, 3.8) is 0 Å². The van der Waals surface area contributed by atoms with Gasteiger partial charge in [-0.25, -0.2) is 4.79 Å². The number of alkyl halides is 3. The number of halogens is 3. The maximum absolute atomic E-state index is 13.0. The first-order chi connectivity index (χ1) is 12.2. The summed E-state index contributed by atoms with van der Waals surface area (Å²) in [5.74, 6) is -1.70. The molecule has 1 atom stereocenters. The van der Waals surface area contributed by atoms with E-state index >= 15 is 0 Å². The van der Waals surface area contributed by atoms with Crippen molar-refractivity contribution >= 4 is 11.9 Å². The van der Waals surface area contributed by atoms with Crippen LogP contribution in [0.15, 0.2) is 48.2 Å². The van der Waals surface area contributed by atoms with Gasteiger partial charge in [-0.2, -0.15) is 13.2 Å². The van der Waals surface area contributed by atoms with Crippen LogP contribution < -0.4 is 0 Å². The molecule has 140 valence electrons. The zero-order valence-electron chi connectivity index (χ0n) is 14.6. The quantitative estimate of drug-likeness (QED) is 0.583. The molecule has 0 fully saturated rings. The number of amides is 1. The molecule has 0 aromatic heterocycles. The standard InChI is InChI=1S/C19H20F3NO3/c1-4-9-23-12(3)17(18(25)26-5-2)15(11-16(23)24)13-7-6-8-14(10-13)19(20,21)22/h4,6-8,10,15H,1,5,9,11H2,2-3H3. The van der Waals surface area contributed by atoms with Crippen LogP contribution in [0.4, 0.5) is 13.2 Å². The summed E-state index contributed by atoms with van der Waals surface area (Å²) in [6, 6.07) is 4.70. The summed E-state index contributed by atoms with van der Waals surface area (Å²) in [7, 11) is 0. The molecule has 1 aromatic rings. The van der Waals surface area contributed by atoms with Crippen molar-refractivity contribution in [1.29, 1.82) is 0 Å². The molecular weight excluding hydrogens is 347 g/mol. The van der Waals surface area contributed by atoms with Gasteiger partial charge in [0.15, 0.2) is 0 Å². The zero-order chi connectivity index (χ0) is 19.5. The molecule has 0 saturated carbocycles. The maximum atomic E-state index is 13.0. The fraction of sp³-hybridized carbons (Fsp3) is 0.368. The number of ether oxygens (including phenoxy) is 1. The SMILES string of the molecule is C=CCN1C(=O)CC(c2cccc(C(F)(F)F)c2)C(C(=O)OCC)=C1C. The van der Waals surface area contributed by atoms with Gasteiger partial charge in [-0.3, -0.25) is 4.79 Å². The summed E-state index contributed by atoms with van der Waals surface area (Å²) in [6.45, 7) is 7.16. The minimum absolute atomic E-state index is 0.110. The van der Waals surface area contributed by atoms with Crippen LogP contribution in [0.25, 0.3) is 0 Å². The van der Waals surface area contributed by atoms with Crippen LogP contribution in [0.5, 0.6) is 0 Å². The van der Waals surface area contributed by atoms with E-state index in [1.165, 1.54) is 23.1 Å². The third kappa shape index (κ3) is 3.98. The summed E-state index contributed by atoms with van der Waals surface area (Å²) < 4.78 is 44.2. The zero-order valence-corrected chi connectivity index (χ0v) is 14.6. The Balaban J connectivity index is 2.57. The van der Waals surface area contributed by atoms with E-state index in [0.717, 1.165) is 12.1 Å². The van der Waals surface area contributed by atoms with Gasteiger partial charge < -0.3 is 9.64 Å². The van der Waals surface area contributed by atoms with Gasteiger partial charge >= 0.3 is 12.1 Å². The van der Waals surface area contributed by atoms with Crippen molar-refractivity contribution in [2.75, 3.05) is 13.2 Å². The van der Waals surface area contributed by atoms with Gasteiger partial charge in [-0.1, -0.05) is 24.3 Å². The molecule has 0 N–H and O–H groups in total. The molecule has 0 bridgehead atoms. The lowest BCUT2D eigenvalue weighted by Crippen LogP contribution is -2.38. The van der Waals surface area contributed by atoms with E-state index in [9.17, 15) is 22.8 Å². The minimum Gasteiger partial charge on any atom is -0.463 e. The molecule has 0 spiro atoms. The number of nitrogens with zero attached hydrogens (tertiary/aromatic N) is 1. The highest BCUT2D eigenvalue weighted by molar-refractivity contribution is 5.95. The van der Waals surface area contributed by atoms with Gasteiger partial charge in [0.1, 0.15) is 0 Å². The van der Waals surface area contributed by atoms with Gasteiger partial charge in [0.25, 0.3) is 0 Å². The van der Waals surface area contributed by atoms with E-state index in [0.29, 0.717) is 5.70 Å². The summed E-state index contributed by atoms with van der Waals surface area (Å²) in [4.78, 5) is 26.3. The maximum Gasteiger partial charge on any atom is 0.416 e. The first-order valence-electron chi connectivity index (χ1n) is 8.17. The smallest absolute Gasteiger partial charge is 0.416 e. The molecule has 1 aliphatic heterocycles. The monoisotopic (exact) mass is 367 g/mol.